The van der Waals surface area contributed by atoms with Gasteiger partial charge in [0.15, 0.2) is 0 Å². The zero-order valence-corrected chi connectivity index (χ0v) is 18.6. The van der Waals surface area contributed by atoms with E-state index in [0.717, 1.165) is 6.07 Å². The average Bonchev–Trinajstić information content (AvgIpc) is 2.85. The molecule has 7 nitrogen and oxygen atoms in total. The van der Waals surface area contributed by atoms with Crippen molar-refractivity contribution in [3.05, 3.63) is 89.9 Å². The van der Waals surface area contributed by atoms with Crippen molar-refractivity contribution in [2.24, 2.45) is 0 Å². The zero-order chi connectivity index (χ0) is 25.9. The third-order valence-corrected chi connectivity index (χ3v) is 5.01. The van der Waals surface area contributed by atoms with Crippen LogP contribution >= 0.6 is 0 Å². The molecule has 0 aliphatic rings. The number of amides is 3. The molecule has 0 radical (unpaired) electrons. The molecule has 0 bridgehead atoms. The second-order valence-corrected chi connectivity index (χ2v) is 7.50. The Bertz CT molecular complexity index is 1440. The SMILES string of the molecule is CNC(=O)c1cc(Oc2ccc(NC(=O)Nc3ccc(F)c(C(F)(F)F)c3)cc2)c2ccccc2n1. The fourth-order valence-electron chi connectivity index (χ4n) is 3.32. The Morgan fingerprint density at radius 2 is 1.56 bits per heavy atom. The summed E-state index contributed by atoms with van der Waals surface area (Å²) >= 11 is 0. The van der Waals surface area contributed by atoms with E-state index in [1.54, 1.807) is 36.4 Å². The van der Waals surface area contributed by atoms with Crippen LogP contribution in [0.3, 0.4) is 0 Å². The van der Waals surface area contributed by atoms with Crippen LogP contribution in [0.25, 0.3) is 10.9 Å². The number of rotatable bonds is 5. The van der Waals surface area contributed by atoms with Crippen LogP contribution in [-0.2, 0) is 6.18 Å². The molecule has 0 aliphatic heterocycles. The number of urea groups is 1. The molecule has 0 saturated carbocycles. The lowest BCUT2D eigenvalue weighted by Gasteiger charge is -2.13. The monoisotopic (exact) mass is 498 g/mol. The molecule has 36 heavy (non-hydrogen) atoms. The van der Waals surface area contributed by atoms with Gasteiger partial charge in [0.1, 0.15) is 23.0 Å². The first-order valence-electron chi connectivity index (χ1n) is 10.5. The summed E-state index contributed by atoms with van der Waals surface area (Å²) in [5, 5.41) is 7.91. The smallest absolute Gasteiger partial charge is 0.419 e. The number of ether oxygens (including phenoxy) is 1. The average molecular weight is 498 g/mol. The van der Waals surface area contributed by atoms with Crippen molar-refractivity contribution in [2.75, 3.05) is 17.7 Å². The largest absolute Gasteiger partial charge is 0.457 e. The lowest BCUT2D eigenvalue weighted by molar-refractivity contribution is -0.139. The minimum atomic E-state index is -4.89. The second kappa shape index (κ2) is 9.90. The molecule has 3 amide bonds. The summed E-state index contributed by atoms with van der Waals surface area (Å²) in [5.74, 6) is -1.02. The Hall–Kier alpha value is -4.67. The number of fused-ring (bicyclic) bond motifs is 1. The van der Waals surface area contributed by atoms with E-state index in [1.165, 1.54) is 25.2 Å². The minimum absolute atomic E-state index is 0.177. The Balaban J connectivity index is 1.47. The molecule has 0 unspecified atom stereocenters. The number of aromatic nitrogens is 1. The van der Waals surface area contributed by atoms with Gasteiger partial charge in [-0.15, -0.1) is 0 Å². The molecular formula is C25H18F4N4O3. The number of nitrogens with zero attached hydrogens (tertiary/aromatic N) is 1. The number of hydrogen-bond donors (Lipinski definition) is 3. The van der Waals surface area contributed by atoms with Crippen molar-refractivity contribution < 1.29 is 31.9 Å². The molecule has 1 heterocycles. The van der Waals surface area contributed by atoms with E-state index >= 15 is 0 Å². The maximum absolute atomic E-state index is 13.4. The highest BCUT2D eigenvalue weighted by molar-refractivity contribution is 6.00. The van der Waals surface area contributed by atoms with Crippen LogP contribution in [0.4, 0.5) is 33.7 Å². The Kier molecular flexibility index (Phi) is 6.73. The number of anilines is 2. The summed E-state index contributed by atoms with van der Waals surface area (Å²) in [4.78, 5) is 28.6. The fourth-order valence-corrected chi connectivity index (χ4v) is 3.32. The fraction of sp³-hybridized carbons (Fsp3) is 0.0800. The molecule has 0 spiro atoms. The molecule has 0 fully saturated rings. The first-order valence-corrected chi connectivity index (χ1v) is 10.5. The van der Waals surface area contributed by atoms with Crippen LogP contribution in [0.15, 0.2) is 72.8 Å². The summed E-state index contributed by atoms with van der Waals surface area (Å²) in [7, 11) is 1.49. The predicted octanol–water partition coefficient (Wildman–Crippen LogP) is 6.19. The number of nitrogens with one attached hydrogen (secondary N) is 3. The zero-order valence-electron chi connectivity index (χ0n) is 18.6. The van der Waals surface area contributed by atoms with Crippen molar-refractivity contribution in [2.45, 2.75) is 6.18 Å². The third-order valence-electron chi connectivity index (χ3n) is 5.01. The number of alkyl halides is 3. The van der Waals surface area contributed by atoms with Crippen molar-refractivity contribution in [1.82, 2.24) is 10.3 Å². The highest BCUT2D eigenvalue weighted by atomic mass is 19.4. The number of halogens is 4. The number of para-hydroxylation sites is 1. The molecule has 0 atom stereocenters. The lowest BCUT2D eigenvalue weighted by Crippen LogP contribution is -2.20. The van der Waals surface area contributed by atoms with E-state index in [0.29, 0.717) is 40.2 Å². The maximum atomic E-state index is 13.4. The van der Waals surface area contributed by atoms with Gasteiger partial charge in [-0.2, -0.15) is 13.2 Å². The van der Waals surface area contributed by atoms with Crippen LogP contribution in [0.1, 0.15) is 16.1 Å². The maximum Gasteiger partial charge on any atom is 0.419 e. The lowest BCUT2D eigenvalue weighted by atomic mass is 10.1. The molecule has 3 aromatic carbocycles. The molecule has 11 heteroatoms. The van der Waals surface area contributed by atoms with Crippen molar-refractivity contribution in [3.8, 4) is 11.5 Å². The first-order chi connectivity index (χ1) is 17.1. The Morgan fingerprint density at radius 1 is 0.889 bits per heavy atom. The van der Waals surface area contributed by atoms with Gasteiger partial charge in [-0.1, -0.05) is 12.1 Å². The molecule has 4 rings (SSSR count). The highest BCUT2D eigenvalue weighted by Crippen LogP contribution is 2.33. The number of pyridine rings is 1. The molecular weight excluding hydrogens is 480 g/mol. The van der Waals surface area contributed by atoms with E-state index in [4.69, 9.17) is 4.74 Å². The van der Waals surface area contributed by atoms with Crippen LogP contribution in [0.2, 0.25) is 0 Å². The summed E-state index contributed by atoms with van der Waals surface area (Å²) in [5.41, 5.74) is -0.639. The summed E-state index contributed by atoms with van der Waals surface area (Å²) in [6.45, 7) is 0. The van der Waals surface area contributed by atoms with Crippen molar-refractivity contribution in [3.63, 3.8) is 0 Å². The number of benzene rings is 3. The molecule has 184 valence electrons. The van der Waals surface area contributed by atoms with Gasteiger partial charge in [-0.25, -0.2) is 14.2 Å². The molecule has 3 N–H and O–H groups in total. The molecule has 1 aromatic heterocycles. The Labute approximate surface area is 202 Å². The van der Waals surface area contributed by atoms with Crippen molar-refractivity contribution >= 4 is 34.2 Å². The number of hydrogen-bond acceptors (Lipinski definition) is 4. The van der Waals surface area contributed by atoms with Gasteiger partial charge < -0.3 is 20.7 Å². The second-order valence-electron chi connectivity index (χ2n) is 7.50. The third kappa shape index (κ3) is 5.52. The highest BCUT2D eigenvalue weighted by Gasteiger charge is 2.34. The van der Waals surface area contributed by atoms with Gasteiger partial charge in [0.25, 0.3) is 5.91 Å². The van der Waals surface area contributed by atoms with Gasteiger partial charge >= 0.3 is 12.2 Å². The summed E-state index contributed by atoms with van der Waals surface area (Å²) < 4.78 is 58.0. The summed E-state index contributed by atoms with van der Waals surface area (Å²) in [6, 6.07) is 16.1. The van der Waals surface area contributed by atoms with E-state index in [-0.39, 0.29) is 17.3 Å². The first kappa shape index (κ1) is 24.5. The molecule has 0 saturated heterocycles. The van der Waals surface area contributed by atoms with E-state index in [2.05, 4.69) is 20.9 Å². The molecule has 4 aromatic rings. The van der Waals surface area contributed by atoms with E-state index in [9.17, 15) is 27.2 Å². The molecule has 0 aliphatic carbocycles. The summed E-state index contributed by atoms with van der Waals surface area (Å²) in [6.07, 6.45) is -4.89. The van der Waals surface area contributed by atoms with Crippen LogP contribution in [-0.4, -0.2) is 24.0 Å². The topological polar surface area (TPSA) is 92.4 Å². The normalized spacial score (nSPS) is 11.1. The Morgan fingerprint density at radius 3 is 2.25 bits per heavy atom. The van der Waals surface area contributed by atoms with Gasteiger partial charge in [-0.05, 0) is 54.6 Å². The minimum Gasteiger partial charge on any atom is -0.457 e. The van der Waals surface area contributed by atoms with Gasteiger partial charge in [0, 0.05) is 29.9 Å². The van der Waals surface area contributed by atoms with E-state index < -0.39 is 23.6 Å². The van der Waals surface area contributed by atoms with Crippen LogP contribution in [0.5, 0.6) is 11.5 Å². The number of carbonyl (C=O) groups excluding carboxylic acids is 2. The van der Waals surface area contributed by atoms with Gasteiger partial charge in [-0.3, -0.25) is 4.79 Å². The van der Waals surface area contributed by atoms with Gasteiger partial charge in [0.2, 0.25) is 0 Å². The van der Waals surface area contributed by atoms with E-state index in [1.807, 2.05) is 0 Å². The standard InChI is InChI=1S/C25H18F4N4O3/c1-30-23(34)21-13-22(17-4-2-3-5-20(17)33-21)36-16-9-6-14(7-10-16)31-24(35)32-15-8-11-19(26)18(12-15)25(27,28)29/h2-13H,1H3,(H,30,34)(H2,31,32,35). The van der Waals surface area contributed by atoms with Crippen molar-refractivity contribution in [1.29, 1.82) is 0 Å². The van der Waals surface area contributed by atoms with Crippen LogP contribution in [0, 0.1) is 5.82 Å². The van der Waals surface area contributed by atoms with Crippen LogP contribution < -0.4 is 20.7 Å². The van der Waals surface area contributed by atoms with Gasteiger partial charge in [0.05, 0.1) is 11.1 Å². The quantitative estimate of drug-likeness (QED) is 0.286. The predicted molar refractivity (Wildman–Crippen MR) is 126 cm³/mol. The number of carbonyl (C=O) groups is 2.